The van der Waals surface area contributed by atoms with E-state index >= 15 is 0 Å². The summed E-state index contributed by atoms with van der Waals surface area (Å²) in [6.07, 6.45) is -1.19. The van der Waals surface area contributed by atoms with E-state index in [1.165, 1.54) is 10.8 Å². The van der Waals surface area contributed by atoms with Crippen molar-refractivity contribution in [2.45, 2.75) is 19.1 Å². The molecule has 0 saturated carbocycles. The van der Waals surface area contributed by atoms with Crippen molar-refractivity contribution in [2.24, 2.45) is 0 Å². The molecular weight excluding hydrogens is 409 g/mol. The van der Waals surface area contributed by atoms with E-state index < -0.39 is 11.9 Å². The quantitative estimate of drug-likeness (QED) is 0.446. The molecule has 7 nitrogen and oxygen atoms in total. The predicted octanol–water partition coefficient (Wildman–Crippen LogP) is 3.80. The molecule has 4 aromatic rings. The molecule has 0 spiro atoms. The number of halogens is 3. The molecule has 0 amide bonds. The Morgan fingerprint density at radius 1 is 1.06 bits per heavy atom. The van der Waals surface area contributed by atoms with E-state index in [9.17, 15) is 13.2 Å². The van der Waals surface area contributed by atoms with Crippen molar-refractivity contribution in [2.75, 3.05) is 18.6 Å². The monoisotopic (exact) mass is 428 g/mol. The van der Waals surface area contributed by atoms with Gasteiger partial charge in [0, 0.05) is 37.5 Å². The third-order valence-electron chi connectivity index (χ3n) is 4.74. The molecule has 1 aromatic carbocycles. The maximum atomic E-state index is 13.5. The smallest absolute Gasteiger partial charge is 0.433 e. The average Bonchev–Trinajstić information content (AvgIpc) is 3.25. The standard InChI is InChI=1S/C21H19F3N6O/c1-31-17-7-5-15(6-8-17)13-29(11-9-16-4-2-3-10-25-16)19-12-18(21(22,23)24)28-20-26-14-27-30(19)20/h2-8,10,12,14H,9,11,13H2,1H3. The maximum absolute atomic E-state index is 13.5. The number of pyridine rings is 1. The minimum absolute atomic E-state index is 0.109. The van der Waals surface area contributed by atoms with Crippen LogP contribution in [0.5, 0.6) is 5.75 Å². The maximum Gasteiger partial charge on any atom is 0.433 e. The molecule has 10 heteroatoms. The number of nitrogens with zero attached hydrogens (tertiary/aromatic N) is 6. The van der Waals surface area contributed by atoms with Gasteiger partial charge in [-0.05, 0) is 29.8 Å². The molecular formula is C21H19F3N6O. The van der Waals surface area contributed by atoms with E-state index in [2.05, 4.69) is 20.1 Å². The van der Waals surface area contributed by atoms with Gasteiger partial charge in [-0.1, -0.05) is 18.2 Å². The van der Waals surface area contributed by atoms with E-state index in [4.69, 9.17) is 4.74 Å². The molecule has 0 fully saturated rings. The molecule has 4 rings (SSSR count). The summed E-state index contributed by atoms with van der Waals surface area (Å²) in [5, 5.41) is 4.09. The van der Waals surface area contributed by atoms with E-state index in [1.807, 2.05) is 47.4 Å². The van der Waals surface area contributed by atoms with E-state index in [-0.39, 0.29) is 11.6 Å². The van der Waals surface area contributed by atoms with Gasteiger partial charge >= 0.3 is 6.18 Å². The van der Waals surface area contributed by atoms with Gasteiger partial charge in [-0.3, -0.25) is 4.98 Å². The van der Waals surface area contributed by atoms with Crippen LogP contribution < -0.4 is 9.64 Å². The van der Waals surface area contributed by atoms with Gasteiger partial charge in [0.1, 0.15) is 17.9 Å². The summed E-state index contributed by atoms with van der Waals surface area (Å²) < 4.78 is 46.9. The van der Waals surface area contributed by atoms with Gasteiger partial charge in [-0.25, -0.2) is 4.98 Å². The highest BCUT2D eigenvalue weighted by atomic mass is 19.4. The van der Waals surface area contributed by atoms with Crippen LogP contribution >= 0.6 is 0 Å². The summed E-state index contributed by atoms with van der Waals surface area (Å²) in [7, 11) is 1.57. The summed E-state index contributed by atoms with van der Waals surface area (Å²) in [5.74, 6) is 0.842. The molecule has 0 aliphatic rings. The van der Waals surface area contributed by atoms with E-state index in [0.29, 0.717) is 25.3 Å². The SMILES string of the molecule is COc1ccc(CN(CCc2ccccn2)c2cc(C(F)(F)F)nc3ncnn23)cc1. The summed E-state index contributed by atoms with van der Waals surface area (Å²) in [6, 6.07) is 13.9. The minimum atomic E-state index is -4.60. The molecule has 0 unspecified atom stereocenters. The van der Waals surface area contributed by atoms with E-state index in [0.717, 1.165) is 17.3 Å². The zero-order chi connectivity index (χ0) is 21.8. The van der Waals surface area contributed by atoms with Crippen LogP contribution in [0.3, 0.4) is 0 Å². The van der Waals surface area contributed by atoms with Crippen LogP contribution in [-0.2, 0) is 19.1 Å². The van der Waals surface area contributed by atoms with Crippen LogP contribution in [-0.4, -0.2) is 38.2 Å². The lowest BCUT2D eigenvalue weighted by atomic mass is 10.2. The topological polar surface area (TPSA) is 68.4 Å². The number of fused-ring (bicyclic) bond motifs is 1. The summed E-state index contributed by atoms with van der Waals surface area (Å²) >= 11 is 0. The molecule has 3 aromatic heterocycles. The van der Waals surface area contributed by atoms with Crippen LogP contribution in [0.25, 0.3) is 5.78 Å². The number of alkyl halides is 3. The van der Waals surface area contributed by atoms with Crippen molar-refractivity contribution in [3.63, 3.8) is 0 Å². The summed E-state index contributed by atoms with van der Waals surface area (Å²) in [6.45, 7) is 0.770. The molecule has 31 heavy (non-hydrogen) atoms. The second-order valence-electron chi connectivity index (χ2n) is 6.81. The molecule has 0 radical (unpaired) electrons. The van der Waals surface area contributed by atoms with Gasteiger partial charge in [0.25, 0.3) is 5.78 Å². The molecule has 160 valence electrons. The number of ether oxygens (including phenoxy) is 1. The summed E-state index contributed by atoms with van der Waals surface area (Å²) in [4.78, 5) is 13.6. The number of hydrogen-bond donors (Lipinski definition) is 0. The number of hydrogen-bond acceptors (Lipinski definition) is 6. The van der Waals surface area contributed by atoms with Gasteiger partial charge in [0.15, 0.2) is 5.69 Å². The third kappa shape index (κ3) is 4.73. The second-order valence-corrected chi connectivity index (χ2v) is 6.81. The van der Waals surface area contributed by atoms with Crippen molar-refractivity contribution in [3.8, 4) is 5.75 Å². The number of aromatic nitrogens is 5. The highest BCUT2D eigenvalue weighted by Gasteiger charge is 2.34. The van der Waals surface area contributed by atoms with Gasteiger partial charge in [-0.15, -0.1) is 0 Å². The Morgan fingerprint density at radius 2 is 1.87 bits per heavy atom. The lowest BCUT2D eigenvalue weighted by Gasteiger charge is -2.26. The summed E-state index contributed by atoms with van der Waals surface area (Å²) in [5.41, 5.74) is 0.725. The third-order valence-corrected chi connectivity index (χ3v) is 4.74. The molecule has 0 saturated heterocycles. The zero-order valence-electron chi connectivity index (χ0n) is 16.6. The van der Waals surface area contributed by atoms with Crippen molar-refractivity contribution in [3.05, 3.63) is 78.0 Å². The Hall–Kier alpha value is -3.69. The van der Waals surface area contributed by atoms with Gasteiger partial charge < -0.3 is 9.64 Å². The Kier molecular flexibility index (Phi) is 5.70. The number of benzene rings is 1. The van der Waals surface area contributed by atoms with Gasteiger partial charge in [0.2, 0.25) is 0 Å². The van der Waals surface area contributed by atoms with Crippen molar-refractivity contribution >= 4 is 11.6 Å². The molecule has 0 aliphatic carbocycles. The lowest BCUT2D eigenvalue weighted by Crippen LogP contribution is -2.28. The van der Waals surface area contributed by atoms with E-state index in [1.54, 1.807) is 13.3 Å². The molecule has 0 aliphatic heterocycles. The Bertz CT molecular complexity index is 1150. The lowest BCUT2D eigenvalue weighted by molar-refractivity contribution is -0.141. The second kappa shape index (κ2) is 8.58. The minimum Gasteiger partial charge on any atom is -0.497 e. The Morgan fingerprint density at radius 3 is 2.55 bits per heavy atom. The first-order chi connectivity index (χ1) is 14.9. The molecule has 0 atom stereocenters. The zero-order valence-corrected chi connectivity index (χ0v) is 16.6. The first kappa shape index (κ1) is 20.6. The fraction of sp³-hybridized carbons (Fsp3) is 0.238. The van der Waals surface area contributed by atoms with Crippen LogP contribution in [0.4, 0.5) is 19.0 Å². The van der Waals surface area contributed by atoms with Crippen LogP contribution in [0.2, 0.25) is 0 Å². The predicted molar refractivity (Wildman–Crippen MR) is 108 cm³/mol. The normalized spacial score (nSPS) is 11.6. The fourth-order valence-corrected chi connectivity index (χ4v) is 3.19. The largest absolute Gasteiger partial charge is 0.497 e. The number of anilines is 1. The first-order valence-electron chi connectivity index (χ1n) is 9.50. The van der Waals surface area contributed by atoms with Crippen molar-refractivity contribution < 1.29 is 17.9 Å². The molecule has 0 bridgehead atoms. The van der Waals surface area contributed by atoms with Gasteiger partial charge in [0.05, 0.1) is 7.11 Å². The van der Waals surface area contributed by atoms with Crippen molar-refractivity contribution in [1.29, 1.82) is 0 Å². The number of rotatable bonds is 7. The Labute approximate surface area is 176 Å². The number of methoxy groups -OCH3 is 1. The average molecular weight is 428 g/mol. The fourth-order valence-electron chi connectivity index (χ4n) is 3.19. The Balaban J connectivity index is 1.72. The first-order valence-corrected chi connectivity index (χ1v) is 9.50. The highest BCUT2D eigenvalue weighted by molar-refractivity contribution is 5.49. The van der Waals surface area contributed by atoms with Crippen LogP contribution in [0.1, 0.15) is 17.0 Å². The molecule has 3 heterocycles. The van der Waals surface area contributed by atoms with Crippen LogP contribution in [0, 0.1) is 0 Å². The molecule has 0 N–H and O–H groups in total. The van der Waals surface area contributed by atoms with Crippen LogP contribution in [0.15, 0.2) is 61.1 Å². The highest BCUT2D eigenvalue weighted by Crippen LogP contribution is 2.31. The van der Waals surface area contributed by atoms with Gasteiger partial charge in [-0.2, -0.15) is 27.8 Å². The van der Waals surface area contributed by atoms with Crippen molar-refractivity contribution in [1.82, 2.24) is 24.6 Å².